The van der Waals surface area contributed by atoms with Crippen molar-refractivity contribution in [3.63, 3.8) is 0 Å². The first-order chi connectivity index (χ1) is 22.7. The summed E-state index contributed by atoms with van der Waals surface area (Å²) in [5, 5.41) is 6.27. The van der Waals surface area contributed by atoms with Crippen LogP contribution in [0.4, 0.5) is 0 Å². The molecule has 0 aliphatic heterocycles. The van der Waals surface area contributed by atoms with Gasteiger partial charge < -0.3 is 10.6 Å². The lowest BCUT2D eigenvalue weighted by atomic mass is 9.84. The Labute approximate surface area is 282 Å². The number of rotatable bonds is 20. The fraction of sp³-hybridized carbons (Fsp3) is 0.475. The van der Waals surface area contributed by atoms with Crippen LogP contribution in [0.3, 0.4) is 0 Å². The molecule has 0 saturated carbocycles. The quantitative estimate of drug-likeness (QED) is 0.0856. The van der Waals surface area contributed by atoms with Gasteiger partial charge in [-0.25, -0.2) is 5.48 Å². The molecule has 0 heterocycles. The molecule has 3 N–H and O–H groups in total. The lowest BCUT2D eigenvalue weighted by molar-refractivity contribution is -0.140. The van der Waals surface area contributed by atoms with E-state index in [-0.39, 0.29) is 36.8 Å². The van der Waals surface area contributed by atoms with E-state index >= 15 is 0 Å². The van der Waals surface area contributed by atoms with Gasteiger partial charge in [0, 0.05) is 12.3 Å². The van der Waals surface area contributed by atoms with E-state index in [9.17, 15) is 14.4 Å². The van der Waals surface area contributed by atoms with Gasteiger partial charge in [0.05, 0.1) is 12.6 Å². The van der Waals surface area contributed by atoms with E-state index in [1.807, 2.05) is 112 Å². The average Bonchev–Trinajstić information content (AvgIpc) is 3.07. The zero-order valence-electron chi connectivity index (χ0n) is 28.8. The van der Waals surface area contributed by atoms with Crippen molar-refractivity contribution < 1.29 is 19.2 Å². The summed E-state index contributed by atoms with van der Waals surface area (Å²) in [6, 6.07) is 28.0. The van der Waals surface area contributed by atoms with Gasteiger partial charge in [0.25, 0.3) is 0 Å². The molecule has 0 aliphatic rings. The van der Waals surface area contributed by atoms with Crippen LogP contribution in [0.15, 0.2) is 91.0 Å². The van der Waals surface area contributed by atoms with E-state index in [1.54, 1.807) is 0 Å². The molecule has 0 fully saturated rings. The fourth-order valence-corrected chi connectivity index (χ4v) is 5.70. The molecule has 2 atom stereocenters. The smallest absolute Gasteiger partial charge is 0.244 e. The Hall–Kier alpha value is -3.97. The van der Waals surface area contributed by atoms with E-state index in [0.29, 0.717) is 6.42 Å². The topological polar surface area (TPSA) is 96.5 Å². The summed E-state index contributed by atoms with van der Waals surface area (Å²) in [4.78, 5) is 46.3. The summed E-state index contributed by atoms with van der Waals surface area (Å²) in [6.07, 6.45) is 9.64. The van der Waals surface area contributed by atoms with Crippen molar-refractivity contribution in [1.82, 2.24) is 16.1 Å². The van der Waals surface area contributed by atoms with Crippen LogP contribution in [0, 0.1) is 11.3 Å². The minimum Gasteiger partial charge on any atom is -0.344 e. The normalized spacial score (nSPS) is 12.7. The van der Waals surface area contributed by atoms with Gasteiger partial charge in [-0.15, -0.1) is 0 Å². The number of nitrogens with one attached hydrogen (secondary N) is 3. The number of carbonyl (C=O) groups excluding carboxylic acids is 3. The highest BCUT2D eigenvalue weighted by atomic mass is 16.6. The first-order valence-electron chi connectivity index (χ1n) is 17.3. The van der Waals surface area contributed by atoms with Crippen molar-refractivity contribution in [2.45, 2.75) is 111 Å². The molecule has 0 aromatic heterocycles. The van der Waals surface area contributed by atoms with E-state index in [4.69, 9.17) is 4.84 Å². The fourth-order valence-electron chi connectivity index (χ4n) is 5.70. The number of carbonyl (C=O) groups is 3. The molecule has 3 rings (SSSR count). The third kappa shape index (κ3) is 13.7. The molecule has 0 radical (unpaired) electrons. The van der Waals surface area contributed by atoms with E-state index in [1.165, 1.54) is 32.1 Å². The molecule has 47 heavy (non-hydrogen) atoms. The molecule has 0 bridgehead atoms. The summed E-state index contributed by atoms with van der Waals surface area (Å²) in [5.74, 6) is -1.51. The Kier molecular flexibility index (Phi) is 16.2. The maximum Gasteiger partial charge on any atom is 0.244 e. The minimum atomic E-state index is -0.816. The van der Waals surface area contributed by atoms with E-state index in [0.717, 1.165) is 36.0 Å². The van der Waals surface area contributed by atoms with Gasteiger partial charge in [0.2, 0.25) is 17.7 Å². The van der Waals surface area contributed by atoms with Crippen molar-refractivity contribution in [2.75, 3.05) is 0 Å². The molecule has 3 amide bonds. The Balaban J connectivity index is 1.69. The second kappa shape index (κ2) is 20.3. The number of hydrogen-bond acceptors (Lipinski definition) is 4. The second-order valence-electron chi connectivity index (χ2n) is 13.5. The number of hydroxylamine groups is 1. The van der Waals surface area contributed by atoms with E-state index in [2.05, 4.69) is 23.0 Å². The van der Waals surface area contributed by atoms with Crippen molar-refractivity contribution in [3.05, 3.63) is 108 Å². The lowest BCUT2D eigenvalue weighted by Crippen LogP contribution is -2.55. The van der Waals surface area contributed by atoms with Crippen molar-refractivity contribution >= 4 is 17.7 Å². The largest absolute Gasteiger partial charge is 0.344 e. The van der Waals surface area contributed by atoms with Gasteiger partial charge in [-0.05, 0) is 28.5 Å². The summed E-state index contributed by atoms with van der Waals surface area (Å²) in [6.45, 7) is 8.27. The molecule has 3 aromatic rings. The highest BCUT2D eigenvalue weighted by Gasteiger charge is 2.36. The van der Waals surface area contributed by atoms with Crippen LogP contribution in [0.2, 0.25) is 0 Å². The zero-order valence-corrected chi connectivity index (χ0v) is 28.8. The highest BCUT2D eigenvalue weighted by molar-refractivity contribution is 5.91. The number of unbranched alkanes of at least 4 members (excludes halogenated alkanes) is 7. The number of benzene rings is 3. The van der Waals surface area contributed by atoms with Crippen LogP contribution in [0.1, 0.15) is 115 Å². The molecule has 0 saturated heterocycles. The second-order valence-corrected chi connectivity index (χ2v) is 13.5. The minimum absolute atomic E-state index is 0.0216. The van der Waals surface area contributed by atoms with Crippen molar-refractivity contribution in [1.29, 1.82) is 0 Å². The molecule has 254 valence electrons. The predicted octanol–water partition coefficient (Wildman–Crippen LogP) is 8.21. The maximum atomic E-state index is 14.0. The Morgan fingerprint density at radius 3 is 1.70 bits per heavy atom. The molecule has 7 heteroatoms. The van der Waals surface area contributed by atoms with Crippen molar-refractivity contribution in [2.24, 2.45) is 11.3 Å². The number of hydrogen-bond donors (Lipinski definition) is 3. The molecule has 2 unspecified atom stereocenters. The van der Waals surface area contributed by atoms with Gasteiger partial charge in [-0.1, -0.05) is 170 Å². The molecule has 0 aliphatic carbocycles. The monoisotopic (exact) mass is 641 g/mol. The predicted molar refractivity (Wildman–Crippen MR) is 189 cm³/mol. The van der Waals surface area contributed by atoms with Gasteiger partial charge in [-0.3, -0.25) is 19.2 Å². The SMILES string of the molecule is CCCCCCCCCCC(CC(=O)NOCc1ccccc1)C(=O)NC(C(=O)NC(c1ccccc1)c1ccccc1)C(C)(C)C. The Morgan fingerprint density at radius 1 is 0.660 bits per heavy atom. The molecular formula is C40H55N3O4. The Bertz CT molecular complexity index is 1290. The average molecular weight is 642 g/mol. The first-order valence-corrected chi connectivity index (χ1v) is 17.3. The molecule has 7 nitrogen and oxygen atoms in total. The van der Waals surface area contributed by atoms with Crippen LogP contribution in [-0.2, 0) is 25.8 Å². The molecule has 3 aromatic carbocycles. The lowest BCUT2D eigenvalue weighted by Gasteiger charge is -2.33. The molecular weight excluding hydrogens is 586 g/mol. The van der Waals surface area contributed by atoms with Crippen LogP contribution in [0.5, 0.6) is 0 Å². The van der Waals surface area contributed by atoms with Gasteiger partial charge >= 0.3 is 0 Å². The highest BCUT2D eigenvalue weighted by Crippen LogP contribution is 2.26. The number of amides is 3. The van der Waals surface area contributed by atoms with Crippen LogP contribution < -0.4 is 16.1 Å². The summed E-state index contributed by atoms with van der Waals surface area (Å²) >= 11 is 0. The zero-order chi connectivity index (χ0) is 33.9. The molecule has 0 spiro atoms. The van der Waals surface area contributed by atoms with Gasteiger partial charge in [0.1, 0.15) is 6.04 Å². The summed E-state index contributed by atoms with van der Waals surface area (Å²) in [7, 11) is 0. The summed E-state index contributed by atoms with van der Waals surface area (Å²) < 4.78 is 0. The first kappa shape index (κ1) is 37.5. The Morgan fingerprint density at radius 2 is 1.17 bits per heavy atom. The third-order valence-corrected chi connectivity index (χ3v) is 8.44. The van der Waals surface area contributed by atoms with Crippen molar-refractivity contribution in [3.8, 4) is 0 Å². The standard InChI is InChI=1S/C40H55N3O4/c1-5-6-7-8-9-10-11-17-28-34(29-35(44)43-47-30-31-22-15-12-16-23-31)38(45)42-37(40(2,3)4)39(46)41-36(32-24-18-13-19-25-32)33-26-20-14-21-27-33/h12-16,18-27,34,36-37H,5-11,17,28-30H2,1-4H3,(H,41,46)(H,42,45)(H,43,44). The summed E-state index contributed by atoms with van der Waals surface area (Å²) in [5.41, 5.74) is 4.77. The van der Waals surface area contributed by atoms with Crippen LogP contribution >= 0.6 is 0 Å². The van der Waals surface area contributed by atoms with Crippen LogP contribution in [-0.4, -0.2) is 23.8 Å². The maximum absolute atomic E-state index is 14.0. The van der Waals surface area contributed by atoms with Gasteiger partial charge in [-0.2, -0.15) is 0 Å². The van der Waals surface area contributed by atoms with E-state index < -0.39 is 17.4 Å². The third-order valence-electron chi connectivity index (χ3n) is 8.44. The van der Waals surface area contributed by atoms with Gasteiger partial charge in [0.15, 0.2) is 0 Å². The van der Waals surface area contributed by atoms with Crippen LogP contribution in [0.25, 0.3) is 0 Å².